The summed E-state index contributed by atoms with van der Waals surface area (Å²) >= 11 is 0. The number of carbonyl (C=O) groups is 1. The number of benzene rings is 1. The monoisotopic (exact) mass is 260 g/mol. The van der Waals surface area contributed by atoms with E-state index in [9.17, 15) is 4.79 Å². The molecule has 1 aromatic carbocycles. The average molecular weight is 260 g/mol. The summed E-state index contributed by atoms with van der Waals surface area (Å²) in [5.74, 6) is 0.608. The van der Waals surface area contributed by atoms with E-state index < -0.39 is 0 Å². The van der Waals surface area contributed by atoms with Gasteiger partial charge in [-0.15, -0.1) is 0 Å². The Morgan fingerprint density at radius 2 is 2.21 bits per heavy atom. The smallest absolute Gasteiger partial charge is 0.234 e. The van der Waals surface area contributed by atoms with Crippen molar-refractivity contribution in [2.45, 2.75) is 45.1 Å². The summed E-state index contributed by atoms with van der Waals surface area (Å²) in [6, 6.07) is 6.93. The minimum Gasteiger partial charge on any atom is -0.348 e. The van der Waals surface area contributed by atoms with E-state index in [2.05, 4.69) is 42.7 Å². The number of amides is 1. The van der Waals surface area contributed by atoms with Crippen molar-refractivity contribution in [2.75, 3.05) is 13.6 Å². The predicted molar refractivity (Wildman–Crippen MR) is 78.3 cm³/mol. The van der Waals surface area contributed by atoms with Crippen molar-refractivity contribution in [2.24, 2.45) is 0 Å². The minimum atomic E-state index is 0.0790. The van der Waals surface area contributed by atoms with Crippen LogP contribution in [0.15, 0.2) is 18.2 Å². The number of likely N-dealkylation sites (N-methyl/N-ethyl adjacent to an activating group) is 1. The lowest BCUT2D eigenvalue weighted by molar-refractivity contribution is -0.121. The molecule has 3 nitrogen and oxygen atoms in total. The topological polar surface area (TPSA) is 41.1 Å². The van der Waals surface area contributed by atoms with Crippen LogP contribution in [-0.4, -0.2) is 19.5 Å². The van der Waals surface area contributed by atoms with Gasteiger partial charge < -0.3 is 10.6 Å². The molecule has 0 unspecified atom stereocenters. The molecule has 0 radical (unpaired) electrons. The second kappa shape index (κ2) is 6.20. The molecule has 2 N–H and O–H groups in total. The molecule has 1 aromatic rings. The zero-order valence-electron chi connectivity index (χ0n) is 12.1. The molecule has 1 atom stereocenters. The van der Waals surface area contributed by atoms with Crippen molar-refractivity contribution < 1.29 is 4.79 Å². The SMILES string of the molecule is CNCC(=O)N[C@@H]1CCCc2ccc(C(C)C)cc21. The minimum absolute atomic E-state index is 0.0790. The van der Waals surface area contributed by atoms with Crippen molar-refractivity contribution in [3.63, 3.8) is 0 Å². The third-order valence-corrected chi connectivity index (χ3v) is 3.82. The van der Waals surface area contributed by atoms with Crippen molar-refractivity contribution in [3.8, 4) is 0 Å². The molecule has 0 bridgehead atoms. The Balaban J connectivity index is 2.21. The third kappa shape index (κ3) is 3.35. The zero-order valence-corrected chi connectivity index (χ0v) is 12.1. The molecule has 0 heterocycles. The molecule has 0 fully saturated rings. The van der Waals surface area contributed by atoms with Gasteiger partial charge in [0.25, 0.3) is 0 Å². The summed E-state index contributed by atoms with van der Waals surface area (Å²) < 4.78 is 0. The number of rotatable bonds is 4. The summed E-state index contributed by atoms with van der Waals surface area (Å²) in [4.78, 5) is 11.8. The van der Waals surface area contributed by atoms with Crippen LogP contribution in [-0.2, 0) is 11.2 Å². The molecular weight excluding hydrogens is 236 g/mol. The van der Waals surface area contributed by atoms with Crippen LogP contribution in [0.5, 0.6) is 0 Å². The first-order chi connectivity index (χ1) is 9.11. The molecule has 0 saturated heterocycles. The van der Waals surface area contributed by atoms with E-state index in [1.54, 1.807) is 7.05 Å². The van der Waals surface area contributed by atoms with Crippen molar-refractivity contribution in [1.29, 1.82) is 0 Å². The molecule has 1 aliphatic rings. The van der Waals surface area contributed by atoms with E-state index in [4.69, 9.17) is 0 Å². The Kier molecular flexibility index (Phi) is 4.59. The number of carbonyl (C=O) groups excluding carboxylic acids is 1. The van der Waals surface area contributed by atoms with Crippen molar-refractivity contribution >= 4 is 5.91 Å². The van der Waals surface area contributed by atoms with Gasteiger partial charge in [-0.1, -0.05) is 32.0 Å². The van der Waals surface area contributed by atoms with Crippen LogP contribution in [0.1, 0.15) is 55.3 Å². The fraction of sp³-hybridized carbons (Fsp3) is 0.562. The third-order valence-electron chi connectivity index (χ3n) is 3.82. The van der Waals surface area contributed by atoms with Gasteiger partial charge >= 0.3 is 0 Å². The number of fused-ring (bicyclic) bond motifs is 1. The van der Waals surface area contributed by atoms with Crippen LogP contribution < -0.4 is 10.6 Å². The highest BCUT2D eigenvalue weighted by Crippen LogP contribution is 2.32. The molecule has 1 aliphatic carbocycles. The highest BCUT2D eigenvalue weighted by molar-refractivity contribution is 5.78. The van der Waals surface area contributed by atoms with Crippen molar-refractivity contribution in [1.82, 2.24) is 10.6 Å². The molecule has 0 aromatic heterocycles. The van der Waals surface area contributed by atoms with Crippen LogP contribution in [0, 0.1) is 0 Å². The lowest BCUT2D eigenvalue weighted by Crippen LogP contribution is -2.36. The molecular formula is C16H24N2O. The molecule has 0 saturated carbocycles. The number of hydrogen-bond donors (Lipinski definition) is 2. The van der Waals surface area contributed by atoms with Gasteiger partial charge in [0, 0.05) is 0 Å². The normalized spacial score (nSPS) is 18.2. The van der Waals surface area contributed by atoms with Crippen LogP contribution in [0.4, 0.5) is 0 Å². The van der Waals surface area contributed by atoms with Gasteiger partial charge in [0.2, 0.25) is 5.91 Å². The molecule has 19 heavy (non-hydrogen) atoms. The van der Waals surface area contributed by atoms with E-state index in [1.807, 2.05) is 0 Å². The highest BCUT2D eigenvalue weighted by Gasteiger charge is 2.22. The Bertz CT molecular complexity index is 454. The van der Waals surface area contributed by atoms with Gasteiger partial charge in [-0.05, 0) is 48.9 Å². The van der Waals surface area contributed by atoms with Gasteiger partial charge in [-0.25, -0.2) is 0 Å². The number of aryl methyl sites for hydroxylation is 1. The first kappa shape index (κ1) is 14.1. The second-order valence-corrected chi connectivity index (χ2v) is 5.66. The largest absolute Gasteiger partial charge is 0.348 e. The zero-order chi connectivity index (χ0) is 13.8. The first-order valence-electron chi connectivity index (χ1n) is 7.18. The number of hydrogen-bond acceptors (Lipinski definition) is 2. The first-order valence-corrected chi connectivity index (χ1v) is 7.18. The maximum Gasteiger partial charge on any atom is 0.234 e. The lowest BCUT2D eigenvalue weighted by atomic mass is 9.85. The maximum absolute atomic E-state index is 11.8. The van der Waals surface area contributed by atoms with Gasteiger partial charge in [-0.2, -0.15) is 0 Å². The Morgan fingerprint density at radius 3 is 2.89 bits per heavy atom. The average Bonchev–Trinajstić information content (AvgIpc) is 2.38. The lowest BCUT2D eigenvalue weighted by Gasteiger charge is -2.27. The molecule has 3 heteroatoms. The van der Waals surface area contributed by atoms with Gasteiger partial charge in [0.05, 0.1) is 12.6 Å². The molecule has 1 amide bonds. The van der Waals surface area contributed by atoms with Crippen molar-refractivity contribution in [3.05, 3.63) is 34.9 Å². The Labute approximate surface area is 115 Å². The number of nitrogens with one attached hydrogen (secondary N) is 2. The highest BCUT2D eigenvalue weighted by atomic mass is 16.1. The van der Waals surface area contributed by atoms with Crippen LogP contribution in [0.2, 0.25) is 0 Å². The maximum atomic E-state index is 11.8. The fourth-order valence-electron chi connectivity index (χ4n) is 2.73. The summed E-state index contributed by atoms with van der Waals surface area (Å²) in [7, 11) is 1.80. The summed E-state index contributed by atoms with van der Waals surface area (Å²) in [6.45, 7) is 4.80. The molecule has 0 spiro atoms. The van der Waals surface area contributed by atoms with Gasteiger partial charge in [0.1, 0.15) is 0 Å². The van der Waals surface area contributed by atoms with Crippen LogP contribution >= 0.6 is 0 Å². The molecule has 2 rings (SSSR count). The molecule has 104 valence electrons. The van der Waals surface area contributed by atoms with Gasteiger partial charge in [-0.3, -0.25) is 4.79 Å². The Morgan fingerprint density at radius 1 is 1.42 bits per heavy atom. The van der Waals surface area contributed by atoms with E-state index >= 15 is 0 Å². The summed E-state index contributed by atoms with van der Waals surface area (Å²) in [6.07, 6.45) is 3.33. The molecule has 0 aliphatic heterocycles. The standard InChI is InChI=1S/C16H24N2O/c1-11(2)13-8-7-12-5-4-6-15(14(12)9-13)18-16(19)10-17-3/h7-9,11,15,17H,4-6,10H2,1-3H3,(H,18,19)/t15-/m1/s1. The Hall–Kier alpha value is -1.35. The quantitative estimate of drug-likeness (QED) is 0.873. The summed E-state index contributed by atoms with van der Waals surface area (Å²) in [5.41, 5.74) is 4.07. The van der Waals surface area contributed by atoms with E-state index in [0.717, 1.165) is 19.3 Å². The van der Waals surface area contributed by atoms with E-state index in [-0.39, 0.29) is 11.9 Å². The fourth-order valence-corrected chi connectivity index (χ4v) is 2.73. The van der Waals surface area contributed by atoms with Crippen LogP contribution in [0.25, 0.3) is 0 Å². The van der Waals surface area contributed by atoms with Crippen LogP contribution in [0.3, 0.4) is 0 Å². The predicted octanol–water partition coefficient (Wildman–Crippen LogP) is 2.52. The van der Waals surface area contributed by atoms with Gasteiger partial charge in [0.15, 0.2) is 0 Å². The summed E-state index contributed by atoms with van der Waals surface area (Å²) in [5, 5.41) is 6.04. The second-order valence-electron chi connectivity index (χ2n) is 5.66. The van der Waals surface area contributed by atoms with E-state index in [1.165, 1.54) is 16.7 Å². The van der Waals surface area contributed by atoms with E-state index in [0.29, 0.717) is 12.5 Å².